The fourth-order valence-corrected chi connectivity index (χ4v) is 3.51. The Labute approximate surface area is 188 Å². The number of aryl methyl sites for hydroxylation is 1. The van der Waals surface area contributed by atoms with E-state index in [0.717, 1.165) is 5.69 Å². The van der Waals surface area contributed by atoms with Crippen molar-refractivity contribution >= 4 is 11.6 Å². The van der Waals surface area contributed by atoms with E-state index in [1.54, 1.807) is 54.3 Å². The van der Waals surface area contributed by atoms with Crippen molar-refractivity contribution in [1.82, 2.24) is 19.7 Å². The third-order valence-corrected chi connectivity index (χ3v) is 4.98. The van der Waals surface area contributed by atoms with Crippen LogP contribution in [0.4, 0.5) is 5.69 Å². The lowest BCUT2D eigenvalue weighted by Gasteiger charge is -2.09. The number of carbonyl (C=O) groups is 1. The molecular weight excluding hydrogens is 418 g/mol. The third-order valence-electron chi connectivity index (χ3n) is 4.98. The number of benzene rings is 2. The molecule has 8 nitrogen and oxygen atoms in total. The molecule has 162 valence electrons. The molecule has 0 spiro atoms. The molecule has 0 unspecified atom stereocenters. The summed E-state index contributed by atoms with van der Waals surface area (Å²) in [7, 11) is 0. The largest absolute Gasteiger partial charge is 0.463 e. The van der Waals surface area contributed by atoms with Crippen molar-refractivity contribution in [2.45, 2.75) is 6.92 Å². The summed E-state index contributed by atoms with van der Waals surface area (Å²) in [6.45, 7) is 1.76. The maximum Gasteiger partial charge on any atom is 0.274 e. The minimum Gasteiger partial charge on any atom is -0.463 e. The van der Waals surface area contributed by atoms with Gasteiger partial charge >= 0.3 is 0 Å². The Morgan fingerprint density at radius 1 is 1.00 bits per heavy atom. The number of nitrogens with zero attached hydrogens (tertiary/aromatic N) is 3. The molecule has 2 N–H and O–H groups in total. The van der Waals surface area contributed by atoms with Crippen LogP contribution in [0, 0.1) is 6.92 Å². The van der Waals surface area contributed by atoms with Crippen LogP contribution >= 0.6 is 0 Å². The summed E-state index contributed by atoms with van der Waals surface area (Å²) in [6.07, 6.45) is 1.56. The molecule has 5 rings (SSSR count). The van der Waals surface area contributed by atoms with E-state index in [-0.39, 0.29) is 11.5 Å². The first-order valence-electron chi connectivity index (χ1n) is 10.3. The molecule has 0 saturated heterocycles. The molecule has 0 aliphatic heterocycles. The molecule has 2 aromatic carbocycles. The van der Waals surface area contributed by atoms with Crippen LogP contribution in [0.5, 0.6) is 0 Å². The first-order chi connectivity index (χ1) is 16.1. The fraction of sp³-hybridized carbons (Fsp3) is 0.0400. The van der Waals surface area contributed by atoms with Gasteiger partial charge in [-0.05, 0) is 43.3 Å². The molecule has 0 aliphatic carbocycles. The van der Waals surface area contributed by atoms with Gasteiger partial charge in [0.25, 0.3) is 11.5 Å². The van der Waals surface area contributed by atoms with Crippen molar-refractivity contribution in [3.05, 3.63) is 107 Å². The average Bonchev–Trinajstić information content (AvgIpc) is 3.49. The van der Waals surface area contributed by atoms with E-state index in [9.17, 15) is 9.59 Å². The predicted octanol–water partition coefficient (Wildman–Crippen LogP) is 4.44. The Kier molecular flexibility index (Phi) is 5.16. The molecular formula is C25H19N5O3. The van der Waals surface area contributed by atoms with Crippen LogP contribution in [-0.4, -0.2) is 25.7 Å². The summed E-state index contributed by atoms with van der Waals surface area (Å²) in [5.74, 6) is 0.660. The number of aromatic amines is 1. The number of rotatable bonds is 5. The van der Waals surface area contributed by atoms with E-state index >= 15 is 0 Å². The standard InChI is InChI=1S/C25H19N5O3/c1-16-13-23(31)28-24(26-16)17-7-5-8-18(14-17)27-25(32)21-15-20(22-11-6-12-33-22)29-30(21)19-9-3-2-4-10-19/h2-15H,1H3,(H,27,32)(H,26,28,31). The Balaban J connectivity index is 1.50. The zero-order valence-electron chi connectivity index (χ0n) is 17.6. The second-order valence-electron chi connectivity index (χ2n) is 7.41. The smallest absolute Gasteiger partial charge is 0.274 e. The molecule has 5 aromatic rings. The average molecular weight is 437 g/mol. The monoisotopic (exact) mass is 437 g/mol. The van der Waals surface area contributed by atoms with Crippen molar-refractivity contribution in [1.29, 1.82) is 0 Å². The van der Waals surface area contributed by atoms with Crippen LogP contribution in [0.1, 0.15) is 16.2 Å². The van der Waals surface area contributed by atoms with E-state index in [1.807, 2.05) is 36.4 Å². The Hall–Kier alpha value is -4.72. The van der Waals surface area contributed by atoms with Crippen molar-refractivity contribution in [3.8, 4) is 28.5 Å². The quantitative estimate of drug-likeness (QED) is 0.423. The number of nitrogens with one attached hydrogen (secondary N) is 2. The highest BCUT2D eigenvalue weighted by Crippen LogP contribution is 2.24. The summed E-state index contributed by atoms with van der Waals surface area (Å²) in [5.41, 5.74) is 3.26. The van der Waals surface area contributed by atoms with Gasteiger partial charge in [0.05, 0.1) is 12.0 Å². The van der Waals surface area contributed by atoms with Crippen LogP contribution in [0.3, 0.4) is 0 Å². The summed E-state index contributed by atoms with van der Waals surface area (Å²) < 4.78 is 7.04. The van der Waals surface area contributed by atoms with Crippen LogP contribution in [0.25, 0.3) is 28.5 Å². The van der Waals surface area contributed by atoms with Crippen LogP contribution in [0.2, 0.25) is 0 Å². The maximum absolute atomic E-state index is 13.3. The second kappa shape index (κ2) is 8.43. The molecule has 0 atom stereocenters. The lowest BCUT2D eigenvalue weighted by molar-refractivity contribution is 0.101. The van der Waals surface area contributed by atoms with Crippen molar-refractivity contribution in [3.63, 3.8) is 0 Å². The number of H-pyrrole nitrogens is 1. The zero-order chi connectivity index (χ0) is 22.8. The minimum atomic E-state index is -0.341. The fourth-order valence-electron chi connectivity index (χ4n) is 3.51. The van der Waals surface area contributed by atoms with E-state index in [4.69, 9.17) is 4.42 Å². The van der Waals surface area contributed by atoms with Gasteiger partial charge in [-0.25, -0.2) is 9.67 Å². The van der Waals surface area contributed by atoms with Gasteiger partial charge in [0, 0.05) is 29.1 Å². The van der Waals surface area contributed by atoms with Crippen molar-refractivity contribution in [2.75, 3.05) is 5.32 Å². The normalized spacial score (nSPS) is 10.8. The lowest BCUT2D eigenvalue weighted by Crippen LogP contribution is -2.17. The number of anilines is 1. The molecule has 3 heterocycles. The Bertz CT molecular complexity index is 1480. The van der Waals surface area contributed by atoms with E-state index < -0.39 is 0 Å². The van der Waals surface area contributed by atoms with Gasteiger partial charge in [0.1, 0.15) is 17.2 Å². The first kappa shape index (κ1) is 20.2. The van der Waals surface area contributed by atoms with Gasteiger partial charge in [-0.15, -0.1) is 0 Å². The van der Waals surface area contributed by atoms with Crippen LogP contribution in [0.15, 0.2) is 94.3 Å². The highest BCUT2D eigenvalue weighted by Gasteiger charge is 2.19. The van der Waals surface area contributed by atoms with Gasteiger partial charge in [0.2, 0.25) is 0 Å². The number of para-hydroxylation sites is 1. The lowest BCUT2D eigenvalue weighted by atomic mass is 10.1. The molecule has 0 radical (unpaired) electrons. The molecule has 0 aliphatic rings. The summed E-state index contributed by atoms with van der Waals surface area (Å²) in [4.78, 5) is 32.2. The van der Waals surface area contributed by atoms with Crippen LogP contribution < -0.4 is 10.9 Å². The highest BCUT2D eigenvalue weighted by atomic mass is 16.3. The van der Waals surface area contributed by atoms with Gasteiger partial charge < -0.3 is 14.7 Å². The minimum absolute atomic E-state index is 0.232. The second-order valence-corrected chi connectivity index (χ2v) is 7.41. The van der Waals surface area contributed by atoms with Crippen molar-refractivity contribution in [2.24, 2.45) is 0 Å². The first-order valence-corrected chi connectivity index (χ1v) is 10.3. The van der Waals surface area contributed by atoms with Crippen LogP contribution in [-0.2, 0) is 0 Å². The highest BCUT2D eigenvalue weighted by molar-refractivity contribution is 6.04. The van der Waals surface area contributed by atoms with Gasteiger partial charge in [-0.3, -0.25) is 9.59 Å². The van der Waals surface area contributed by atoms with E-state index in [0.29, 0.717) is 39.9 Å². The number of hydrogen-bond acceptors (Lipinski definition) is 5. The van der Waals surface area contributed by atoms with Gasteiger partial charge in [-0.2, -0.15) is 5.10 Å². The summed E-state index contributed by atoms with van der Waals surface area (Å²) in [5, 5.41) is 7.50. The van der Waals surface area contributed by atoms with Gasteiger partial charge in [-0.1, -0.05) is 30.3 Å². The van der Waals surface area contributed by atoms with E-state index in [2.05, 4.69) is 20.4 Å². The number of aromatic nitrogens is 4. The number of hydrogen-bond donors (Lipinski definition) is 2. The van der Waals surface area contributed by atoms with Crippen molar-refractivity contribution < 1.29 is 9.21 Å². The molecule has 3 aromatic heterocycles. The molecule has 8 heteroatoms. The molecule has 0 fully saturated rings. The molecule has 33 heavy (non-hydrogen) atoms. The number of amides is 1. The Morgan fingerprint density at radius 2 is 1.85 bits per heavy atom. The number of furan rings is 1. The topological polar surface area (TPSA) is 106 Å². The van der Waals surface area contributed by atoms with Gasteiger partial charge in [0.15, 0.2) is 5.76 Å². The molecule has 0 bridgehead atoms. The van der Waals surface area contributed by atoms with E-state index in [1.165, 1.54) is 6.07 Å². The Morgan fingerprint density at radius 3 is 2.61 bits per heavy atom. The summed E-state index contributed by atoms with van der Waals surface area (Å²) in [6, 6.07) is 23.2. The SMILES string of the molecule is Cc1cc(=O)[nH]c(-c2cccc(NC(=O)c3cc(-c4ccco4)nn3-c3ccccc3)c2)n1. The molecule has 0 saturated carbocycles. The predicted molar refractivity (Wildman–Crippen MR) is 124 cm³/mol. The number of carbonyl (C=O) groups excluding carboxylic acids is 1. The molecule has 1 amide bonds. The summed E-state index contributed by atoms with van der Waals surface area (Å²) >= 11 is 0. The third kappa shape index (κ3) is 4.22. The maximum atomic E-state index is 13.3. The zero-order valence-corrected chi connectivity index (χ0v) is 17.6.